The second-order valence-corrected chi connectivity index (χ2v) is 22.4. The molecule has 75 heavy (non-hydrogen) atoms. The number of carbonyl (C=O) groups is 3. The molecule has 5 fully saturated rings. The SMILES string of the molecule is CC1c2c(cc(F)c(Cl)c2-c2c(C(N)=O)ccc(OCCO)c2F)OC1(CNC12CCC(CN3CCC(CN4CCC(c5c(F)cc6c(N7CCC(=O)NC7=O)nn(C)c6c5F)CC4)CC3)(CC1)C2)c1ccccc1. The van der Waals surface area contributed by atoms with Crippen LogP contribution in [0.4, 0.5) is 28.2 Å². The molecule has 1 aromatic heterocycles. The van der Waals surface area contributed by atoms with Gasteiger partial charge in [-0.05, 0) is 125 Å². The van der Waals surface area contributed by atoms with Gasteiger partial charge in [0.2, 0.25) is 11.8 Å². The number of piperidine rings is 2. The Bertz CT molecular complexity index is 3060. The number of aromatic nitrogens is 2. The zero-order valence-electron chi connectivity index (χ0n) is 42.3. The fourth-order valence-electron chi connectivity index (χ4n) is 13.9. The molecule has 11 rings (SSSR count). The Balaban J connectivity index is 0.725. The van der Waals surface area contributed by atoms with Crippen molar-refractivity contribution < 1.29 is 46.5 Å². The molecule has 5 heterocycles. The number of hydrogen-bond donors (Lipinski definition) is 4. The molecule has 14 nitrogen and oxygen atoms in total. The lowest BCUT2D eigenvalue weighted by molar-refractivity contribution is -0.120. The van der Waals surface area contributed by atoms with Crippen molar-refractivity contribution in [2.75, 3.05) is 70.5 Å². The summed E-state index contributed by atoms with van der Waals surface area (Å²) >= 11 is 6.78. The Morgan fingerprint density at radius 2 is 1.64 bits per heavy atom. The van der Waals surface area contributed by atoms with E-state index in [1.54, 1.807) is 7.05 Å². The van der Waals surface area contributed by atoms with Gasteiger partial charge in [0.1, 0.15) is 29.5 Å². The molecule has 19 heteroatoms. The van der Waals surface area contributed by atoms with Crippen molar-refractivity contribution in [1.29, 1.82) is 0 Å². The van der Waals surface area contributed by atoms with Crippen molar-refractivity contribution in [2.45, 2.75) is 94.1 Å². The number of aliphatic hydroxyl groups excluding tert-OH is 1. The molecule has 2 aliphatic carbocycles. The number of nitrogens with zero attached hydrogens (tertiary/aromatic N) is 5. The summed E-state index contributed by atoms with van der Waals surface area (Å²) in [6.07, 6.45) is 8.67. The molecule has 6 aliphatic rings. The molecule has 4 amide bonds. The lowest BCUT2D eigenvalue weighted by Gasteiger charge is -2.40. The summed E-state index contributed by atoms with van der Waals surface area (Å²) < 4.78 is 78.5. The average molecular weight is 1060 g/mol. The minimum Gasteiger partial charge on any atom is -0.488 e. The molecule has 398 valence electrons. The molecule has 3 saturated heterocycles. The molecular weight excluding hydrogens is 992 g/mol. The molecule has 4 aliphatic heterocycles. The number of amides is 4. The topological polar surface area (TPSA) is 168 Å². The van der Waals surface area contributed by atoms with Crippen molar-refractivity contribution in [3.63, 3.8) is 0 Å². The molecule has 5 N–H and O–H groups in total. The Morgan fingerprint density at radius 3 is 2.33 bits per heavy atom. The number of primary amides is 1. The van der Waals surface area contributed by atoms with Crippen LogP contribution in [-0.4, -0.2) is 114 Å². The minimum atomic E-state index is -1.08. The van der Waals surface area contributed by atoms with Crippen molar-refractivity contribution in [3.8, 4) is 22.6 Å². The molecule has 5 aromatic rings. The Kier molecular flexibility index (Phi) is 13.7. The largest absolute Gasteiger partial charge is 0.488 e. The molecule has 4 aromatic carbocycles. The first kappa shape index (κ1) is 51.3. The van der Waals surface area contributed by atoms with Crippen LogP contribution in [0, 0.1) is 34.6 Å². The number of rotatable bonds is 15. The van der Waals surface area contributed by atoms with Gasteiger partial charge in [-0.25, -0.2) is 22.4 Å². The summed E-state index contributed by atoms with van der Waals surface area (Å²) in [5, 5.41) is 19.9. The van der Waals surface area contributed by atoms with E-state index in [0.29, 0.717) is 30.9 Å². The average Bonchev–Trinajstić information content (AvgIpc) is 4.12. The molecule has 0 radical (unpaired) electrons. The minimum absolute atomic E-state index is 0.0297. The highest BCUT2D eigenvalue weighted by molar-refractivity contribution is 6.34. The van der Waals surface area contributed by atoms with E-state index in [-0.39, 0.29) is 98.5 Å². The number of nitrogens with two attached hydrogens (primary N) is 1. The number of halogens is 5. The predicted octanol–water partition coefficient (Wildman–Crippen LogP) is 8.64. The van der Waals surface area contributed by atoms with E-state index < -0.39 is 52.6 Å². The van der Waals surface area contributed by atoms with E-state index in [0.717, 1.165) is 89.8 Å². The molecule has 2 unspecified atom stereocenters. The summed E-state index contributed by atoms with van der Waals surface area (Å²) in [5.74, 6) is -4.64. The maximum atomic E-state index is 16.6. The van der Waals surface area contributed by atoms with Crippen LogP contribution in [0.15, 0.2) is 54.6 Å². The van der Waals surface area contributed by atoms with Crippen molar-refractivity contribution in [3.05, 3.63) is 105 Å². The van der Waals surface area contributed by atoms with Gasteiger partial charge in [0.25, 0.3) is 0 Å². The molecular formula is C56H63ClF4N8O6. The van der Waals surface area contributed by atoms with Crippen LogP contribution in [0.5, 0.6) is 11.5 Å². The summed E-state index contributed by atoms with van der Waals surface area (Å²) in [7, 11) is 1.58. The first-order valence-corrected chi connectivity index (χ1v) is 26.7. The van der Waals surface area contributed by atoms with E-state index in [1.807, 2.05) is 37.3 Å². The van der Waals surface area contributed by atoms with E-state index in [9.17, 15) is 19.5 Å². The van der Waals surface area contributed by atoms with Gasteiger partial charge < -0.3 is 35.4 Å². The predicted molar refractivity (Wildman–Crippen MR) is 275 cm³/mol. The van der Waals surface area contributed by atoms with Crippen LogP contribution < -0.4 is 30.7 Å². The zero-order chi connectivity index (χ0) is 52.6. The van der Waals surface area contributed by atoms with Crippen molar-refractivity contribution >= 4 is 46.2 Å². The van der Waals surface area contributed by atoms with Crippen LogP contribution in [0.2, 0.25) is 5.02 Å². The standard InChI is InChI=1S/C56H63ClF4N8O6/c1-32-43-41(27-39(59)47(57)46(43)45-36(51(62)72)8-9-40(48(45)60)74-25-24-70)75-56(32,35-6-4-3-5-7-35)30-63-55-17-15-54(29-55,16-18-55)31-68-19-10-33(11-20-68)28-67-21-12-34(13-22-67)44-38(58)26-37-50(49(44)61)66(2)65-52(37)69-23-14-42(71)64-53(69)73/h3-9,26-27,32-34,63,70H,10-25,28-31H2,1-2H3,(H2,62,72)(H,64,71,73). The van der Waals surface area contributed by atoms with Gasteiger partial charge in [-0.15, -0.1) is 0 Å². The Morgan fingerprint density at radius 1 is 0.920 bits per heavy atom. The Hall–Kier alpha value is -5.79. The van der Waals surface area contributed by atoms with Crippen molar-refractivity contribution in [2.24, 2.45) is 24.1 Å². The number of aryl methyl sites for hydroxylation is 1. The summed E-state index contributed by atoms with van der Waals surface area (Å²) in [6, 6.07) is 14.2. The summed E-state index contributed by atoms with van der Waals surface area (Å²) in [5.41, 5.74) is 5.72. The van der Waals surface area contributed by atoms with E-state index in [1.165, 1.54) is 33.8 Å². The van der Waals surface area contributed by atoms with E-state index in [4.69, 9.17) is 26.8 Å². The lowest BCUT2D eigenvalue weighted by Crippen LogP contribution is -2.51. The van der Waals surface area contributed by atoms with Crippen molar-refractivity contribution in [1.82, 2.24) is 30.2 Å². The zero-order valence-corrected chi connectivity index (χ0v) is 43.0. The number of ether oxygens (including phenoxy) is 2. The third-order valence-electron chi connectivity index (χ3n) is 17.7. The number of imide groups is 1. The summed E-state index contributed by atoms with van der Waals surface area (Å²) in [6.45, 7) is 7.30. The van der Waals surface area contributed by atoms with E-state index in [2.05, 4.69) is 25.5 Å². The van der Waals surface area contributed by atoms with Gasteiger partial charge in [0.15, 0.2) is 28.8 Å². The normalized spacial score (nSPS) is 25.5. The van der Waals surface area contributed by atoms with Gasteiger partial charge in [0, 0.05) is 79.4 Å². The highest BCUT2D eigenvalue weighted by Gasteiger charge is 2.57. The maximum absolute atomic E-state index is 16.6. The number of aliphatic hydroxyl groups is 1. The third kappa shape index (κ3) is 9.11. The smallest absolute Gasteiger partial charge is 0.329 e. The molecule has 0 spiro atoms. The molecule has 2 saturated carbocycles. The van der Waals surface area contributed by atoms with Gasteiger partial charge in [-0.2, -0.15) is 5.10 Å². The molecule has 2 bridgehead atoms. The highest BCUT2D eigenvalue weighted by Crippen LogP contribution is 2.60. The van der Waals surface area contributed by atoms with Crippen LogP contribution in [-0.2, 0) is 17.4 Å². The number of hydrogen-bond acceptors (Lipinski definition) is 10. The van der Waals surface area contributed by atoms with Crippen LogP contribution in [0.25, 0.3) is 22.0 Å². The highest BCUT2D eigenvalue weighted by atomic mass is 35.5. The number of benzene rings is 4. The number of likely N-dealkylation sites (tertiary alicyclic amines) is 2. The number of anilines is 1. The monoisotopic (exact) mass is 1050 g/mol. The fourth-order valence-corrected chi connectivity index (χ4v) is 14.1. The van der Waals surface area contributed by atoms with Crippen LogP contribution in [0.1, 0.15) is 110 Å². The van der Waals surface area contributed by atoms with Crippen LogP contribution >= 0.6 is 11.6 Å². The maximum Gasteiger partial charge on any atom is 0.329 e. The van der Waals surface area contributed by atoms with Gasteiger partial charge in [0.05, 0.1) is 22.6 Å². The van der Waals surface area contributed by atoms with Gasteiger partial charge in [-0.1, -0.05) is 48.9 Å². The first-order valence-electron chi connectivity index (χ1n) is 26.3. The lowest BCUT2D eigenvalue weighted by atomic mass is 9.77. The quantitative estimate of drug-likeness (QED) is 0.0746. The number of fused-ring (bicyclic) bond motifs is 4. The fraction of sp³-hybridized carbons (Fsp3) is 0.500. The van der Waals surface area contributed by atoms with E-state index >= 15 is 17.6 Å². The summed E-state index contributed by atoms with van der Waals surface area (Å²) in [4.78, 5) is 43.5. The Labute approximate surface area is 437 Å². The van der Waals surface area contributed by atoms with Gasteiger partial charge >= 0.3 is 6.03 Å². The number of nitrogens with one attached hydrogen (secondary N) is 2. The van der Waals surface area contributed by atoms with Gasteiger partial charge in [-0.3, -0.25) is 24.5 Å². The van der Waals surface area contributed by atoms with Crippen LogP contribution in [0.3, 0.4) is 0 Å². The number of carbonyl (C=O) groups excluding carboxylic acids is 3. The second-order valence-electron chi connectivity index (χ2n) is 22.1. The number of urea groups is 1. The molecule has 2 atom stereocenters. The second kappa shape index (κ2) is 20.0. The first-order chi connectivity index (χ1) is 36.0. The third-order valence-corrected chi connectivity index (χ3v) is 18.1.